The molecule has 1 aromatic rings. The fraction of sp³-hybridized carbons (Fsp3) is 0.300. The van der Waals surface area contributed by atoms with Crippen LogP contribution in [0.3, 0.4) is 0 Å². The van der Waals surface area contributed by atoms with Gasteiger partial charge in [-0.1, -0.05) is 12.1 Å². The van der Waals surface area contributed by atoms with Crippen LogP contribution in [0.15, 0.2) is 29.2 Å². The molecule has 1 rings (SSSR count). The zero-order chi connectivity index (χ0) is 10.4. The fourth-order valence-corrected chi connectivity index (χ4v) is 1.90. The zero-order valence-electron chi connectivity index (χ0n) is 7.79. The van der Waals surface area contributed by atoms with E-state index in [1.165, 1.54) is 17.8 Å². The Labute approximate surface area is 87.2 Å². The maximum atomic E-state index is 13.1. The minimum Gasteiger partial charge on any atom is -0.388 e. The highest BCUT2D eigenvalue weighted by Gasteiger charge is 2.00. The summed E-state index contributed by atoms with van der Waals surface area (Å²) in [6.45, 7) is 0. The molecule has 2 nitrogen and oxygen atoms in total. The molecule has 76 valence electrons. The third-order valence-corrected chi connectivity index (χ3v) is 2.82. The van der Waals surface area contributed by atoms with E-state index < -0.39 is 0 Å². The Balaban J connectivity index is 2.31. The van der Waals surface area contributed by atoms with Gasteiger partial charge >= 0.3 is 0 Å². The molecule has 14 heavy (non-hydrogen) atoms. The van der Waals surface area contributed by atoms with Crippen molar-refractivity contribution in [1.82, 2.24) is 0 Å². The summed E-state index contributed by atoms with van der Waals surface area (Å²) in [6.07, 6.45) is 1.40. The largest absolute Gasteiger partial charge is 0.388 e. The van der Waals surface area contributed by atoms with Gasteiger partial charge in [-0.2, -0.15) is 0 Å². The lowest BCUT2D eigenvalue weighted by Gasteiger charge is -2.01. The van der Waals surface area contributed by atoms with Gasteiger partial charge < -0.3 is 5.73 Å². The van der Waals surface area contributed by atoms with Gasteiger partial charge in [0.15, 0.2) is 0 Å². The minimum absolute atomic E-state index is 0.180. The molecule has 0 amide bonds. The summed E-state index contributed by atoms with van der Waals surface area (Å²) in [5, 5.41) is 7.01. The molecule has 0 fully saturated rings. The van der Waals surface area contributed by atoms with E-state index >= 15 is 0 Å². The summed E-state index contributed by atoms with van der Waals surface area (Å²) in [4.78, 5) is 0.663. The number of hydrogen-bond donors (Lipinski definition) is 2. The summed E-state index contributed by atoms with van der Waals surface area (Å²) in [6, 6.07) is 6.70. The molecule has 0 aliphatic rings. The van der Waals surface area contributed by atoms with Crippen molar-refractivity contribution in [1.29, 1.82) is 5.41 Å². The number of rotatable bonds is 5. The maximum Gasteiger partial charge on any atom is 0.136 e. The molecule has 0 radical (unpaired) electrons. The highest BCUT2D eigenvalue weighted by atomic mass is 32.2. The second-order valence-electron chi connectivity index (χ2n) is 2.91. The van der Waals surface area contributed by atoms with Crippen LogP contribution < -0.4 is 5.73 Å². The zero-order valence-corrected chi connectivity index (χ0v) is 8.61. The van der Waals surface area contributed by atoms with Crippen LogP contribution in [0.2, 0.25) is 0 Å². The molecule has 0 spiro atoms. The fourth-order valence-electron chi connectivity index (χ4n) is 1.01. The Morgan fingerprint density at radius 3 is 2.79 bits per heavy atom. The molecule has 0 saturated heterocycles. The molecular formula is C10H13FN2S. The molecule has 0 unspecified atom stereocenters. The number of hydrogen-bond acceptors (Lipinski definition) is 2. The predicted molar refractivity (Wildman–Crippen MR) is 58.3 cm³/mol. The van der Waals surface area contributed by atoms with Crippen LogP contribution in [-0.4, -0.2) is 11.6 Å². The van der Waals surface area contributed by atoms with Crippen LogP contribution in [0.25, 0.3) is 0 Å². The van der Waals surface area contributed by atoms with Gasteiger partial charge in [-0.25, -0.2) is 4.39 Å². The second kappa shape index (κ2) is 5.65. The third-order valence-electron chi connectivity index (χ3n) is 1.68. The SMILES string of the molecule is N=C(N)CCCSc1ccccc1F. The monoisotopic (exact) mass is 212 g/mol. The summed E-state index contributed by atoms with van der Waals surface area (Å²) in [7, 11) is 0. The number of nitrogens with one attached hydrogen (secondary N) is 1. The highest BCUT2D eigenvalue weighted by molar-refractivity contribution is 7.99. The lowest BCUT2D eigenvalue weighted by Crippen LogP contribution is -2.08. The molecule has 0 atom stereocenters. The van der Waals surface area contributed by atoms with Crippen LogP contribution in [0.1, 0.15) is 12.8 Å². The van der Waals surface area contributed by atoms with Gasteiger partial charge in [-0.3, -0.25) is 5.41 Å². The van der Waals surface area contributed by atoms with Crippen LogP contribution in [0.4, 0.5) is 4.39 Å². The first kappa shape index (κ1) is 11.0. The molecule has 0 aromatic heterocycles. The Hall–Kier alpha value is -1.03. The number of thioether (sulfide) groups is 1. The Morgan fingerprint density at radius 2 is 2.14 bits per heavy atom. The summed E-state index contributed by atoms with van der Waals surface area (Å²) in [5.41, 5.74) is 5.20. The topological polar surface area (TPSA) is 49.9 Å². The summed E-state index contributed by atoms with van der Waals surface area (Å²) in [5.74, 6) is 0.806. The van der Waals surface area contributed by atoms with Crippen LogP contribution in [0, 0.1) is 11.2 Å². The van der Waals surface area contributed by atoms with Gasteiger partial charge in [-0.15, -0.1) is 11.8 Å². The molecule has 4 heteroatoms. The normalized spacial score (nSPS) is 10.1. The lowest BCUT2D eigenvalue weighted by atomic mass is 10.3. The molecular weight excluding hydrogens is 199 g/mol. The van der Waals surface area contributed by atoms with Crippen molar-refractivity contribution >= 4 is 17.6 Å². The van der Waals surface area contributed by atoms with E-state index in [0.717, 1.165) is 12.2 Å². The van der Waals surface area contributed by atoms with Crippen LogP contribution >= 0.6 is 11.8 Å². The van der Waals surface area contributed by atoms with Crippen LogP contribution in [-0.2, 0) is 0 Å². The van der Waals surface area contributed by atoms with Gasteiger partial charge in [0.1, 0.15) is 5.82 Å². The van der Waals surface area contributed by atoms with Crippen molar-refractivity contribution in [2.24, 2.45) is 5.73 Å². The molecule has 0 aliphatic carbocycles. The highest BCUT2D eigenvalue weighted by Crippen LogP contribution is 2.21. The molecule has 0 heterocycles. The van der Waals surface area contributed by atoms with Gasteiger partial charge in [0, 0.05) is 11.3 Å². The first-order chi connectivity index (χ1) is 6.70. The average molecular weight is 212 g/mol. The van der Waals surface area contributed by atoms with E-state index in [9.17, 15) is 4.39 Å². The molecule has 0 bridgehead atoms. The van der Waals surface area contributed by atoms with Gasteiger partial charge in [0.2, 0.25) is 0 Å². The third kappa shape index (κ3) is 3.79. The van der Waals surface area contributed by atoms with E-state index in [1.807, 2.05) is 6.07 Å². The van der Waals surface area contributed by atoms with E-state index in [2.05, 4.69) is 0 Å². The Morgan fingerprint density at radius 1 is 1.43 bits per heavy atom. The number of amidine groups is 1. The molecule has 3 N–H and O–H groups in total. The van der Waals surface area contributed by atoms with Crippen molar-refractivity contribution in [2.75, 3.05) is 5.75 Å². The smallest absolute Gasteiger partial charge is 0.136 e. The van der Waals surface area contributed by atoms with Crippen molar-refractivity contribution in [3.8, 4) is 0 Å². The molecule has 0 saturated carbocycles. The van der Waals surface area contributed by atoms with Crippen molar-refractivity contribution in [3.63, 3.8) is 0 Å². The van der Waals surface area contributed by atoms with Gasteiger partial charge in [0.05, 0.1) is 5.84 Å². The number of halogens is 1. The molecule has 1 aromatic carbocycles. The first-order valence-corrected chi connectivity index (χ1v) is 5.39. The van der Waals surface area contributed by atoms with Crippen molar-refractivity contribution in [2.45, 2.75) is 17.7 Å². The molecule has 0 aliphatic heterocycles. The predicted octanol–water partition coefficient (Wildman–Crippen LogP) is 2.63. The van der Waals surface area contributed by atoms with E-state index in [1.54, 1.807) is 12.1 Å². The first-order valence-electron chi connectivity index (χ1n) is 4.40. The summed E-state index contributed by atoms with van der Waals surface area (Å²) >= 11 is 1.46. The van der Waals surface area contributed by atoms with Gasteiger partial charge in [-0.05, 0) is 24.3 Å². The lowest BCUT2D eigenvalue weighted by molar-refractivity contribution is 0.602. The van der Waals surface area contributed by atoms with Crippen molar-refractivity contribution < 1.29 is 4.39 Å². The standard InChI is InChI=1S/C10H13FN2S/c11-8-4-1-2-5-9(8)14-7-3-6-10(12)13/h1-2,4-5H,3,6-7H2,(H3,12,13). The Kier molecular flexibility index (Phi) is 4.46. The number of benzene rings is 1. The van der Waals surface area contributed by atoms with E-state index in [4.69, 9.17) is 11.1 Å². The second-order valence-corrected chi connectivity index (χ2v) is 4.04. The van der Waals surface area contributed by atoms with Crippen molar-refractivity contribution in [3.05, 3.63) is 30.1 Å². The summed E-state index contributed by atoms with van der Waals surface area (Å²) < 4.78 is 13.1. The number of nitrogens with two attached hydrogens (primary N) is 1. The van der Waals surface area contributed by atoms with Gasteiger partial charge in [0.25, 0.3) is 0 Å². The maximum absolute atomic E-state index is 13.1. The average Bonchev–Trinajstić information content (AvgIpc) is 2.15. The minimum atomic E-state index is -0.180. The van der Waals surface area contributed by atoms with Crippen LogP contribution in [0.5, 0.6) is 0 Å². The van der Waals surface area contributed by atoms with E-state index in [0.29, 0.717) is 11.3 Å². The quantitative estimate of drug-likeness (QED) is 0.341. The van der Waals surface area contributed by atoms with E-state index in [-0.39, 0.29) is 11.7 Å². The Bertz CT molecular complexity index is 315.